The number of anilines is 2. The molecule has 2 aliphatic heterocycles. The average molecular weight is 393 g/mol. The lowest BCUT2D eigenvalue weighted by Crippen LogP contribution is -2.40. The first-order valence-electron chi connectivity index (χ1n) is 10.2. The van der Waals surface area contributed by atoms with Gasteiger partial charge in [0.1, 0.15) is 0 Å². The summed E-state index contributed by atoms with van der Waals surface area (Å²) in [5, 5.41) is 3.25. The van der Waals surface area contributed by atoms with Gasteiger partial charge in [-0.15, -0.1) is 0 Å². The maximum Gasteiger partial charge on any atom is 0.254 e. The molecule has 1 saturated heterocycles. The van der Waals surface area contributed by atoms with Crippen LogP contribution in [0.25, 0.3) is 0 Å². The fourth-order valence-electron chi connectivity index (χ4n) is 3.95. The molecule has 29 heavy (non-hydrogen) atoms. The first kappa shape index (κ1) is 19.5. The van der Waals surface area contributed by atoms with Crippen molar-refractivity contribution in [3.63, 3.8) is 0 Å². The molecule has 152 valence electrons. The third-order valence-corrected chi connectivity index (χ3v) is 5.62. The van der Waals surface area contributed by atoms with E-state index in [4.69, 9.17) is 4.74 Å². The van der Waals surface area contributed by atoms with Crippen LogP contribution in [-0.2, 0) is 16.0 Å². The van der Waals surface area contributed by atoms with E-state index in [9.17, 15) is 9.59 Å². The molecule has 2 aliphatic rings. The van der Waals surface area contributed by atoms with Crippen molar-refractivity contribution in [1.29, 1.82) is 0 Å². The Morgan fingerprint density at radius 2 is 1.86 bits per heavy atom. The zero-order valence-electron chi connectivity index (χ0n) is 16.8. The van der Waals surface area contributed by atoms with E-state index in [1.54, 1.807) is 0 Å². The van der Waals surface area contributed by atoms with Crippen LogP contribution in [0.4, 0.5) is 11.4 Å². The van der Waals surface area contributed by atoms with Crippen LogP contribution in [0.15, 0.2) is 42.5 Å². The molecule has 1 N–H and O–H groups in total. The number of amides is 2. The third-order valence-electron chi connectivity index (χ3n) is 5.62. The Morgan fingerprint density at radius 3 is 2.69 bits per heavy atom. The Hall–Kier alpha value is -2.86. The SMILES string of the molecule is Cc1ccc(C(=O)N2CCOCC2)cc1NCC(=O)N1CCCc2ccccc21. The van der Waals surface area contributed by atoms with Gasteiger partial charge in [0.2, 0.25) is 5.91 Å². The first-order chi connectivity index (χ1) is 14.1. The minimum Gasteiger partial charge on any atom is -0.378 e. The van der Waals surface area contributed by atoms with Crippen molar-refractivity contribution in [1.82, 2.24) is 4.90 Å². The predicted molar refractivity (Wildman–Crippen MR) is 114 cm³/mol. The zero-order valence-corrected chi connectivity index (χ0v) is 16.8. The molecule has 0 radical (unpaired) electrons. The number of nitrogens with one attached hydrogen (secondary N) is 1. The summed E-state index contributed by atoms with van der Waals surface area (Å²) in [6.07, 6.45) is 1.99. The Balaban J connectivity index is 1.44. The summed E-state index contributed by atoms with van der Waals surface area (Å²) < 4.78 is 5.33. The largest absolute Gasteiger partial charge is 0.378 e. The van der Waals surface area contributed by atoms with Crippen molar-refractivity contribution in [2.75, 3.05) is 49.6 Å². The lowest BCUT2D eigenvalue weighted by molar-refractivity contribution is -0.117. The molecule has 2 aromatic carbocycles. The van der Waals surface area contributed by atoms with Crippen LogP contribution in [0.5, 0.6) is 0 Å². The summed E-state index contributed by atoms with van der Waals surface area (Å²) in [6.45, 7) is 5.30. The standard InChI is InChI=1S/C23H27N3O3/c1-17-8-9-19(23(28)25-11-13-29-14-12-25)15-20(17)24-16-22(27)26-10-4-6-18-5-2-3-7-21(18)26/h2-3,5,7-9,15,24H,4,6,10-14,16H2,1H3. The molecule has 6 heteroatoms. The molecule has 0 aromatic heterocycles. The lowest BCUT2D eigenvalue weighted by Gasteiger charge is -2.30. The van der Waals surface area contributed by atoms with Gasteiger partial charge in [0.15, 0.2) is 0 Å². The Labute approximate surface area is 171 Å². The molecule has 6 nitrogen and oxygen atoms in total. The van der Waals surface area contributed by atoms with Gasteiger partial charge >= 0.3 is 0 Å². The second kappa shape index (κ2) is 8.66. The highest BCUT2D eigenvalue weighted by Crippen LogP contribution is 2.27. The Morgan fingerprint density at radius 1 is 1.07 bits per heavy atom. The second-order valence-electron chi connectivity index (χ2n) is 7.57. The fraction of sp³-hybridized carbons (Fsp3) is 0.391. The average Bonchev–Trinajstić information content (AvgIpc) is 2.78. The number of morpholine rings is 1. The highest BCUT2D eigenvalue weighted by molar-refractivity contribution is 5.98. The topological polar surface area (TPSA) is 61.9 Å². The van der Waals surface area contributed by atoms with Crippen LogP contribution in [0, 0.1) is 6.92 Å². The van der Waals surface area contributed by atoms with E-state index in [-0.39, 0.29) is 18.4 Å². The van der Waals surface area contributed by atoms with Crippen molar-refractivity contribution >= 4 is 23.2 Å². The minimum absolute atomic E-state index is 0.00707. The number of aryl methyl sites for hydroxylation is 2. The molecule has 0 atom stereocenters. The molecule has 0 unspecified atom stereocenters. The number of ether oxygens (including phenoxy) is 1. The highest BCUT2D eigenvalue weighted by atomic mass is 16.5. The summed E-state index contributed by atoms with van der Waals surface area (Å²) in [7, 11) is 0. The molecule has 0 aliphatic carbocycles. The van der Waals surface area contributed by atoms with Crippen LogP contribution < -0.4 is 10.2 Å². The van der Waals surface area contributed by atoms with Gasteiger partial charge in [-0.05, 0) is 49.1 Å². The maximum absolute atomic E-state index is 12.9. The van der Waals surface area contributed by atoms with E-state index < -0.39 is 0 Å². The third kappa shape index (κ3) is 4.27. The van der Waals surface area contributed by atoms with E-state index in [2.05, 4.69) is 11.4 Å². The molecule has 2 amide bonds. The smallest absolute Gasteiger partial charge is 0.254 e. The molecule has 2 heterocycles. The number of hydrogen-bond donors (Lipinski definition) is 1. The van der Waals surface area contributed by atoms with Crippen LogP contribution >= 0.6 is 0 Å². The number of hydrogen-bond acceptors (Lipinski definition) is 4. The van der Waals surface area contributed by atoms with E-state index in [0.29, 0.717) is 31.9 Å². The Bertz CT molecular complexity index is 906. The van der Waals surface area contributed by atoms with E-state index >= 15 is 0 Å². The van der Waals surface area contributed by atoms with Crippen LogP contribution in [-0.4, -0.2) is 56.1 Å². The zero-order chi connectivity index (χ0) is 20.2. The number of para-hydroxylation sites is 1. The molecule has 0 spiro atoms. The number of benzene rings is 2. The molecular formula is C23H27N3O3. The van der Waals surface area contributed by atoms with Gasteiger partial charge in [-0.25, -0.2) is 0 Å². The van der Waals surface area contributed by atoms with E-state index in [0.717, 1.165) is 36.3 Å². The maximum atomic E-state index is 12.9. The molecule has 1 fully saturated rings. The minimum atomic E-state index is 0.00707. The number of carbonyl (C=O) groups is 2. The normalized spacial score (nSPS) is 16.3. The van der Waals surface area contributed by atoms with E-state index in [1.165, 1.54) is 5.56 Å². The van der Waals surface area contributed by atoms with Crippen LogP contribution in [0.1, 0.15) is 27.9 Å². The summed E-state index contributed by atoms with van der Waals surface area (Å²) >= 11 is 0. The summed E-state index contributed by atoms with van der Waals surface area (Å²) in [4.78, 5) is 29.3. The number of carbonyl (C=O) groups excluding carboxylic acids is 2. The van der Waals surface area contributed by atoms with Gasteiger partial charge < -0.3 is 19.9 Å². The summed E-state index contributed by atoms with van der Waals surface area (Å²) in [5.74, 6) is 0.0501. The monoisotopic (exact) mass is 393 g/mol. The van der Waals surface area contributed by atoms with Gasteiger partial charge in [0, 0.05) is 36.6 Å². The van der Waals surface area contributed by atoms with Crippen molar-refractivity contribution in [2.24, 2.45) is 0 Å². The van der Waals surface area contributed by atoms with Gasteiger partial charge in [-0.3, -0.25) is 9.59 Å². The summed E-state index contributed by atoms with van der Waals surface area (Å²) in [6, 6.07) is 13.7. The molecule has 0 bridgehead atoms. The quantitative estimate of drug-likeness (QED) is 0.868. The van der Waals surface area contributed by atoms with Gasteiger partial charge in [0.25, 0.3) is 5.91 Å². The van der Waals surface area contributed by atoms with Gasteiger partial charge in [-0.1, -0.05) is 24.3 Å². The number of rotatable bonds is 4. The van der Waals surface area contributed by atoms with E-state index in [1.807, 2.05) is 53.1 Å². The fourth-order valence-corrected chi connectivity index (χ4v) is 3.95. The molecule has 4 rings (SSSR count). The Kier molecular flexibility index (Phi) is 5.81. The van der Waals surface area contributed by atoms with Crippen molar-refractivity contribution in [3.05, 3.63) is 59.2 Å². The molecule has 0 saturated carbocycles. The van der Waals surface area contributed by atoms with Crippen molar-refractivity contribution in [2.45, 2.75) is 19.8 Å². The predicted octanol–water partition coefficient (Wildman–Crippen LogP) is 2.86. The van der Waals surface area contributed by atoms with Gasteiger partial charge in [-0.2, -0.15) is 0 Å². The second-order valence-corrected chi connectivity index (χ2v) is 7.57. The summed E-state index contributed by atoms with van der Waals surface area (Å²) in [5.41, 5.74) is 4.70. The number of nitrogens with zero attached hydrogens (tertiary/aromatic N) is 2. The highest BCUT2D eigenvalue weighted by Gasteiger charge is 2.22. The number of fused-ring (bicyclic) bond motifs is 1. The first-order valence-corrected chi connectivity index (χ1v) is 10.2. The lowest BCUT2D eigenvalue weighted by atomic mass is 10.0. The van der Waals surface area contributed by atoms with Gasteiger partial charge in [0.05, 0.1) is 19.8 Å². The molecule has 2 aromatic rings. The molecular weight excluding hydrogens is 366 g/mol. The van der Waals surface area contributed by atoms with Crippen LogP contribution in [0.2, 0.25) is 0 Å². The van der Waals surface area contributed by atoms with Crippen molar-refractivity contribution < 1.29 is 14.3 Å². The van der Waals surface area contributed by atoms with Crippen molar-refractivity contribution in [3.8, 4) is 0 Å². The van der Waals surface area contributed by atoms with Crippen LogP contribution in [0.3, 0.4) is 0 Å².